The maximum absolute atomic E-state index is 10.7. The number of carbonyl (C=O) groups excluding carboxylic acids is 1. The Morgan fingerprint density at radius 3 is 2.70 bits per heavy atom. The lowest BCUT2D eigenvalue weighted by molar-refractivity contribution is 0.0990. The van der Waals surface area contributed by atoms with E-state index in [1.165, 1.54) is 4.68 Å². The molecule has 0 saturated heterocycles. The van der Waals surface area contributed by atoms with Gasteiger partial charge in [-0.1, -0.05) is 0 Å². The van der Waals surface area contributed by atoms with E-state index in [9.17, 15) is 4.79 Å². The third kappa shape index (κ3) is 1.13. The fraction of sp³-hybridized carbons (Fsp3) is 0.200. The number of nitrogens with two attached hydrogens (primary N) is 1. The van der Waals surface area contributed by atoms with Crippen LogP contribution in [-0.2, 0) is 7.05 Å². The Kier molecular flexibility index (Phi) is 1.93. The van der Waals surface area contributed by atoms with Crippen molar-refractivity contribution in [1.82, 2.24) is 9.78 Å². The van der Waals surface area contributed by atoms with Crippen LogP contribution in [-0.4, -0.2) is 15.7 Å². The molecule has 1 amide bonds. The van der Waals surface area contributed by atoms with Crippen LogP contribution in [0.4, 0.5) is 0 Å². The van der Waals surface area contributed by atoms with Gasteiger partial charge in [0.05, 0.1) is 9.77 Å². The number of rotatable bonds is 1. The molecule has 1 heterocycles. The van der Waals surface area contributed by atoms with Gasteiger partial charge in [-0.2, -0.15) is 5.10 Å². The van der Waals surface area contributed by atoms with Gasteiger partial charge < -0.3 is 5.73 Å². The number of aromatic nitrogens is 2. The molecule has 5 heteroatoms. The van der Waals surface area contributed by atoms with Crippen LogP contribution in [0.1, 0.15) is 10.5 Å². The second-order valence-corrected chi connectivity index (χ2v) is 2.99. The van der Waals surface area contributed by atoms with Crippen LogP contribution in [0.5, 0.6) is 0 Å². The zero-order valence-electron chi connectivity index (χ0n) is 5.34. The number of halogens is 1. The fourth-order valence-corrected chi connectivity index (χ4v) is 1.43. The third-order valence-corrected chi connectivity index (χ3v) is 1.92. The molecule has 1 aromatic heterocycles. The van der Waals surface area contributed by atoms with Crippen molar-refractivity contribution in [2.45, 2.75) is 0 Å². The standard InChI is InChI=1S/C5H6IN3O/c1-9-4(5(7)10)3(6)2-8-9/h2H,1H3,(H2,7,10). The van der Waals surface area contributed by atoms with E-state index in [0.29, 0.717) is 5.69 Å². The summed E-state index contributed by atoms with van der Waals surface area (Å²) in [4.78, 5) is 10.7. The molecule has 0 aliphatic carbocycles. The Labute approximate surface area is 71.5 Å². The Morgan fingerprint density at radius 1 is 1.90 bits per heavy atom. The molecule has 0 atom stereocenters. The van der Waals surface area contributed by atoms with E-state index in [2.05, 4.69) is 5.10 Å². The van der Waals surface area contributed by atoms with Gasteiger partial charge in [0.1, 0.15) is 5.69 Å². The predicted octanol–water partition coefficient (Wildman–Crippen LogP) is 0.124. The van der Waals surface area contributed by atoms with E-state index in [0.717, 1.165) is 3.57 Å². The van der Waals surface area contributed by atoms with Crippen LogP contribution in [0, 0.1) is 3.57 Å². The minimum absolute atomic E-state index is 0.440. The van der Waals surface area contributed by atoms with Crippen molar-refractivity contribution in [3.05, 3.63) is 15.5 Å². The molecule has 1 aromatic rings. The molecule has 54 valence electrons. The van der Waals surface area contributed by atoms with Gasteiger partial charge in [-0.15, -0.1) is 0 Å². The topological polar surface area (TPSA) is 60.9 Å². The van der Waals surface area contributed by atoms with Gasteiger partial charge in [-0.05, 0) is 22.6 Å². The highest BCUT2D eigenvalue weighted by molar-refractivity contribution is 14.1. The number of hydrogen-bond acceptors (Lipinski definition) is 2. The summed E-state index contributed by atoms with van der Waals surface area (Å²) in [5.41, 5.74) is 5.51. The van der Waals surface area contributed by atoms with Gasteiger partial charge in [-0.25, -0.2) is 0 Å². The highest BCUT2D eigenvalue weighted by Gasteiger charge is 2.10. The molecule has 4 nitrogen and oxygen atoms in total. The van der Waals surface area contributed by atoms with Gasteiger partial charge >= 0.3 is 0 Å². The molecule has 10 heavy (non-hydrogen) atoms. The minimum Gasteiger partial charge on any atom is -0.364 e. The molecule has 0 saturated carbocycles. The summed E-state index contributed by atoms with van der Waals surface area (Å²) in [7, 11) is 1.68. The summed E-state index contributed by atoms with van der Waals surface area (Å²) in [5.74, 6) is -0.440. The number of hydrogen-bond donors (Lipinski definition) is 1. The Balaban J connectivity index is 3.23. The number of aryl methyl sites for hydroxylation is 1. The normalized spacial score (nSPS) is 9.80. The van der Waals surface area contributed by atoms with E-state index in [-0.39, 0.29) is 0 Å². The van der Waals surface area contributed by atoms with Crippen LogP contribution < -0.4 is 5.73 Å². The van der Waals surface area contributed by atoms with E-state index in [4.69, 9.17) is 5.73 Å². The molecule has 0 spiro atoms. The lowest BCUT2D eigenvalue weighted by Crippen LogP contribution is -2.16. The minimum atomic E-state index is -0.440. The molecule has 0 fully saturated rings. The lowest BCUT2D eigenvalue weighted by atomic mass is 10.4. The van der Waals surface area contributed by atoms with Crippen LogP contribution in [0.15, 0.2) is 6.20 Å². The maximum Gasteiger partial charge on any atom is 0.268 e. The fourth-order valence-electron chi connectivity index (χ4n) is 0.688. The SMILES string of the molecule is Cn1ncc(I)c1C(N)=O. The van der Waals surface area contributed by atoms with Gasteiger partial charge in [0.2, 0.25) is 0 Å². The number of carbonyl (C=O) groups is 1. The zero-order valence-corrected chi connectivity index (χ0v) is 7.49. The Morgan fingerprint density at radius 2 is 2.50 bits per heavy atom. The third-order valence-electron chi connectivity index (χ3n) is 1.13. The molecular weight excluding hydrogens is 245 g/mol. The predicted molar refractivity (Wildman–Crippen MR) is 44.4 cm³/mol. The summed E-state index contributed by atoms with van der Waals surface area (Å²) in [6.45, 7) is 0. The first-order valence-corrected chi connectivity index (χ1v) is 3.68. The first-order chi connectivity index (χ1) is 4.63. The molecule has 0 aromatic carbocycles. The highest BCUT2D eigenvalue weighted by atomic mass is 127. The maximum atomic E-state index is 10.7. The van der Waals surface area contributed by atoms with E-state index < -0.39 is 5.91 Å². The Bertz CT molecular complexity index is 248. The van der Waals surface area contributed by atoms with Crippen molar-refractivity contribution in [1.29, 1.82) is 0 Å². The van der Waals surface area contributed by atoms with Gasteiger partial charge in [-0.3, -0.25) is 9.48 Å². The van der Waals surface area contributed by atoms with Gasteiger partial charge in [0, 0.05) is 7.05 Å². The van der Waals surface area contributed by atoms with Crippen molar-refractivity contribution < 1.29 is 4.79 Å². The molecule has 0 aliphatic rings. The first kappa shape index (κ1) is 7.52. The van der Waals surface area contributed by atoms with Crippen LogP contribution in [0.2, 0.25) is 0 Å². The van der Waals surface area contributed by atoms with Gasteiger partial charge in [0.15, 0.2) is 0 Å². The first-order valence-electron chi connectivity index (χ1n) is 2.60. The zero-order chi connectivity index (χ0) is 7.72. The molecular formula is C5H6IN3O. The van der Waals surface area contributed by atoms with Crippen LogP contribution in [0.3, 0.4) is 0 Å². The van der Waals surface area contributed by atoms with Crippen LogP contribution >= 0.6 is 22.6 Å². The van der Waals surface area contributed by atoms with Crippen molar-refractivity contribution in [2.24, 2.45) is 12.8 Å². The number of amides is 1. The smallest absolute Gasteiger partial charge is 0.268 e. The average molecular weight is 251 g/mol. The number of primary amides is 1. The van der Waals surface area contributed by atoms with Crippen LogP contribution in [0.25, 0.3) is 0 Å². The largest absolute Gasteiger partial charge is 0.364 e. The van der Waals surface area contributed by atoms with Crippen molar-refractivity contribution >= 4 is 28.5 Å². The summed E-state index contributed by atoms with van der Waals surface area (Å²) in [6, 6.07) is 0. The van der Waals surface area contributed by atoms with E-state index >= 15 is 0 Å². The van der Waals surface area contributed by atoms with Gasteiger partial charge in [0.25, 0.3) is 5.91 Å². The molecule has 1 rings (SSSR count). The molecule has 0 bridgehead atoms. The summed E-state index contributed by atoms with van der Waals surface area (Å²) < 4.78 is 2.25. The Hall–Kier alpha value is -0.590. The molecule has 0 aliphatic heterocycles. The van der Waals surface area contributed by atoms with Crippen molar-refractivity contribution in [2.75, 3.05) is 0 Å². The second kappa shape index (κ2) is 2.57. The lowest BCUT2D eigenvalue weighted by Gasteiger charge is -1.94. The van der Waals surface area contributed by atoms with E-state index in [1.54, 1.807) is 13.2 Å². The summed E-state index contributed by atoms with van der Waals surface area (Å²) in [6.07, 6.45) is 1.60. The number of nitrogens with zero attached hydrogens (tertiary/aromatic N) is 2. The molecule has 2 N–H and O–H groups in total. The van der Waals surface area contributed by atoms with Crippen molar-refractivity contribution in [3.8, 4) is 0 Å². The van der Waals surface area contributed by atoms with Crippen molar-refractivity contribution in [3.63, 3.8) is 0 Å². The summed E-state index contributed by atoms with van der Waals surface area (Å²) in [5, 5.41) is 3.85. The molecule has 0 radical (unpaired) electrons. The van der Waals surface area contributed by atoms with E-state index in [1.807, 2.05) is 22.6 Å². The average Bonchev–Trinajstić information content (AvgIpc) is 2.11. The highest BCUT2D eigenvalue weighted by Crippen LogP contribution is 2.08. The quantitative estimate of drug-likeness (QED) is 0.721. The monoisotopic (exact) mass is 251 g/mol. The molecule has 0 unspecified atom stereocenters. The summed E-state index contributed by atoms with van der Waals surface area (Å²) >= 11 is 2.01. The second-order valence-electron chi connectivity index (χ2n) is 1.83.